The molecule has 72 valence electrons. The van der Waals surface area contributed by atoms with Crippen molar-refractivity contribution in [3.8, 4) is 0 Å². The molecule has 2 fully saturated rings. The molecule has 0 radical (unpaired) electrons. The van der Waals surface area contributed by atoms with Crippen LogP contribution in [-0.2, 0) is 0 Å². The fraction of sp³-hybridized carbons (Fsp3) is 1.00. The van der Waals surface area contributed by atoms with E-state index in [1.165, 1.54) is 45.2 Å². The number of nitrogens with two attached hydrogens (primary N) is 1. The SMILES string of the molecule is Cl.NC1(CN2CCCCC2)CC1. The molecule has 2 rings (SSSR count). The summed E-state index contributed by atoms with van der Waals surface area (Å²) < 4.78 is 0. The van der Waals surface area contributed by atoms with Gasteiger partial charge >= 0.3 is 0 Å². The van der Waals surface area contributed by atoms with Gasteiger partial charge in [0.05, 0.1) is 0 Å². The maximum atomic E-state index is 6.04. The van der Waals surface area contributed by atoms with Crippen LogP contribution in [0.2, 0.25) is 0 Å². The summed E-state index contributed by atoms with van der Waals surface area (Å²) in [6.07, 6.45) is 6.70. The molecule has 0 spiro atoms. The molecular formula is C9H19ClN2. The topological polar surface area (TPSA) is 29.3 Å². The summed E-state index contributed by atoms with van der Waals surface area (Å²) in [5.74, 6) is 0. The third-order valence-corrected chi connectivity index (χ3v) is 2.88. The zero-order valence-corrected chi connectivity index (χ0v) is 8.41. The molecule has 2 N–H and O–H groups in total. The van der Waals surface area contributed by atoms with Gasteiger partial charge in [-0.1, -0.05) is 6.42 Å². The van der Waals surface area contributed by atoms with Crippen LogP contribution in [0.5, 0.6) is 0 Å². The highest BCUT2D eigenvalue weighted by Gasteiger charge is 2.39. The van der Waals surface area contributed by atoms with Crippen LogP contribution in [0.1, 0.15) is 32.1 Å². The molecule has 1 aliphatic carbocycles. The molecule has 2 nitrogen and oxygen atoms in total. The zero-order chi connectivity index (χ0) is 7.73. The van der Waals surface area contributed by atoms with E-state index in [1.807, 2.05) is 0 Å². The summed E-state index contributed by atoms with van der Waals surface area (Å²) in [4.78, 5) is 2.54. The monoisotopic (exact) mass is 190 g/mol. The highest BCUT2D eigenvalue weighted by atomic mass is 35.5. The number of piperidine rings is 1. The second-order valence-electron chi connectivity index (χ2n) is 4.20. The highest BCUT2D eigenvalue weighted by Crippen LogP contribution is 2.33. The first-order valence-corrected chi connectivity index (χ1v) is 4.80. The Hall–Kier alpha value is 0.210. The van der Waals surface area contributed by atoms with E-state index in [4.69, 9.17) is 5.73 Å². The first-order valence-electron chi connectivity index (χ1n) is 4.80. The van der Waals surface area contributed by atoms with E-state index in [-0.39, 0.29) is 17.9 Å². The van der Waals surface area contributed by atoms with E-state index >= 15 is 0 Å². The molecule has 0 amide bonds. The number of likely N-dealkylation sites (tertiary alicyclic amines) is 1. The Morgan fingerprint density at radius 2 is 1.67 bits per heavy atom. The summed E-state index contributed by atoms with van der Waals surface area (Å²) in [5.41, 5.74) is 6.27. The predicted octanol–water partition coefficient (Wildman–Crippen LogP) is 1.39. The molecule has 0 aromatic carbocycles. The van der Waals surface area contributed by atoms with E-state index in [1.54, 1.807) is 0 Å². The summed E-state index contributed by atoms with van der Waals surface area (Å²) in [7, 11) is 0. The van der Waals surface area contributed by atoms with E-state index in [0.717, 1.165) is 6.54 Å². The van der Waals surface area contributed by atoms with Gasteiger partial charge in [-0.15, -0.1) is 12.4 Å². The molecule has 1 heterocycles. The fourth-order valence-electron chi connectivity index (χ4n) is 1.88. The summed E-state index contributed by atoms with van der Waals surface area (Å²) >= 11 is 0. The van der Waals surface area contributed by atoms with Crippen LogP contribution < -0.4 is 5.73 Å². The Bertz CT molecular complexity index is 139. The molecule has 2 aliphatic rings. The third-order valence-electron chi connectivity index (χ3n) is 2.88. The highest BCUT2D eigenvalue weighted by molar-refractivity contribution is 5.85. The molecule has 3 heteroatoms. The number of halogens is 1. The third kappa shape index (κ3) is 2.61. The van der Waals surface area contributed by atoms with Crippen molar-refractivity contribution in [2.24, 2.45) is 5.73 Å². The van der Waals surface area contributed by atoms with Crippen LogP contribution in [0.4, 0.5) is 0 Å². The fourth-order valence-corrected chi connectivity index (χ4v) is 1.88. The van der Waals surface area contributed by atoms with Crippen LogP contribution in [0.15, 0.2) is 0 Å². The van der Waals surface area contributed by atoms with Crippen LogP contribution in [0.3, 0.4) is 0 Å². The van der Waals surface area contributed by atoms with Crippen molar-refractivity contribution in [1.29, 1.82) is 0 Å². The Labute approximate surface area is 80.9 Å². The molecule has 12 heavy (non-hydrogen) atoms. The van der Waals surface area contributed by atoms with E-state index in [9.17, 15) is 0 Å². The van der Waals surface area contributed by atoms with E-state index < -0.39 is 0 Å². The van der Waals surface area contributed by atoms with Gasteiger partial charge in [-0.05, 0) is 38.8 Å². The van der Waals surface area contributed by atoms with Gasteiger partial charge in [0.15, 0.2) is 0 Å². The van der Waals surface area contributed by atoms with Crippen molar-refractivity contribution in [3.63, 3.8) is 0 Å². The second-order valence-corrected chi connectivity index (χ2v) is 4.20. The first kappa shape index (κ1) is 10.3. The predicted molar refractivity (Wildman–Crippen MR) is 53.7 cm³/mol. The molecule has 1 saturated heterocycles. The van der Waals surface area contributed by atoms with Crippen molar-refractivity contribution >= 4 is 12.4 Å². The molecule has 1 aliphatic heterocycles. The van der Waals surface area contributed by atoms with Crippen molar-refractivity contribution in [3.05, 3.63) is 0 Å². The Kier molecular flexibility index (Phi) is 3.38. The summed E-state index contributed by atoms with van der Waals surface area (Å²) in [5, 5.41) is 0. The smallest absolute Gasteiger partial charge is 0.0284 e. The maximum absolute atomic E-state index is 6.04. The lowest BCUT2D eigenvalue weighted by Crippen LogP contribution is -2.41. The lowest BCUT2D eigenvalue weighted by Gasteiger charge is -2.28. The van der Waals surface area contributed by atoms with Crippen molar-refractivity contribution in [2.75, 3.05) is 19.6 Å². The van der Waals surface area contributed by atoms with Gasteiger partial charge in [-0.3, -0.25) is 0 Å². The van der Waals surface area contributed by atoms with Gasteiger partial charge in [-0.25, -0.2) is 0 Å². The molecule has 0 unspecified atom stereocenters. The van der Waals surface area contributed by atoms with Gasteiger partial charge in [0.2, 0.25) is 0 Å². The van der Waals surface area contributed by atoms with Crippen LogP contribution in [0.25, 0.3) is 0 Å². The van der Waals surface area contributed by atoms with Gasteiger partial charge in [0.1, 0.15) is 0 Å². The van der Waals surface area contributed by atoms with Gasteiger partial charge < -0.3 is 10.6 Å². The minimum atomic E-state index is 0. The Morgan fingerprint density at radius 1 is 1.08 bits per heavy atom. The average molecular weight is 191 g/mol. The molecule has 0 atom stereocenters. The number of hydrogen-bond acceptors (Lipinski definition) is 2. The first-order chi connectivity index (χ1) is 5.29. The Balaban J connectivity index is 0.000000720. The minimum absolute atomic E-state index is 0. The summed E-state index contributed by atoms with van der Waals surface area (Å²) in [6.45, 7) is 3.74. The molecular weight excluding hydrogens is 172 g/mol. The lowest BCUT2D eigenvalue weighted by molar-refractivity contribution is 0.211. The van der Waals surface area contributed by atoms with Gasteiger partial charge in [0, 0.05) is 12.1 Å². The minimum Gasteiger partial charge on any atom is -0.324 e. The molecule has 0 aromatic heterocycles. The quantitative estimate of drug-likeness (QED) is 0.713. The second kappa shape index (κ2) is 3.95. The van der Waals surface area contributed by atoms with Crippen LogP contribution >= 0.6 is 12.4 Å². The Morgan fingerprint density at radius 3 is 2.17 bits per heavy atom. The zero-order valence-electron chi connectivity index (χ0n) is 7.59. The normalized spacial score (nSPS) is 27.8. The van der Waals surface area contributed by atoms with Crippen LogP contribution in [-0.4, -0.2) is 30.1 Å². The molecule has 0 bridgehead atoms. The largest absolute Gasteiger partial charge is 0.324 e. The van der Waals surface area contributed by atoms with E-state index in [2.05, 4.69) is 4.90 Å². The number of nitrogens with zero attached hydrogens (tertiary/aromatic N) is 1. The average Bonchev–Trinajstić information content (AvgIpc) is 2.70. The summed E-state index contributed by atoms with van der Waals surface area (Å²) in [6, 6.07) is 0. The lowest BCUT2D eigenvalue weighted by atomic mass is 10.1. The van der Waals surface area contributed by atoms with Gasteiger partial charge in [-0.2, -0.15) is 0 Å². The number of rotatable bonds is 2. The molecule has 0 aromatic rings. The van der Waals surface area contributed by atoms with Crippen molar-refractivity contribution < 1.29 is 0 Å². The van der Waals surface area contributed by atoms with Crippen molar-refractivity contribution in [2.45, 2.75) is 37.6 Å². The maximum Gasteiger partial charge on any atom is 0.0284 e. The number of hydrogen-bond donors (Lipinski definition) is 1. The molecule has 1 saturated carbocycles. The van der Waals surface area contributed by atoms with Crippen molar-refractivity contribution in [1.82, 2.24) is 4.90 Å². The van der Waals surface area contributed by atoms with Gasteiger partial charge in [0.25, 0.3) is 0 Å². The van der Waals surface area contributed by atoms with Crippen LogP contribution in [0, 0.1) is 0 Å². The van der Waals surface area contributed by atoms with E-state index in [0.29, 0.717) is 0 Å². The standard InChI is InChI=1S/C9H18N2.ClH/c10-9(4-5-9)8-11-6-2-1-3-7-11;/h1-8,10H2;1H.